The molecule has 128 valence electrons. The number of rotatable bonds is 4. The molecule has 0 bridgehead atoms. The summed E-state index contributed by atoms with van der Waals surface area (Å²) in [5, 5.41) is 3.20. The number of carbonyl (C=O) groups excluding carboxylic acids is 1. The second kappa shape index (κ2) is 7.35. The molecule has 4 heteroatoms. The van der Waals surface area contributed by atoms with Gasteiger partial charge in [0.25, 0.3) is 0 Å². The van der Waals surface area contributed by atoms with E-state index < -0.39 is 5.60 Å². The van der Waals surface area contributed by atoms with Crippen LogP contribution in [0.2, 0.25) is 0 Å². The average molecular weight is 318 g/mol. The number of carbonyl (C=O) groups is 1. The molecular weight excluding hydrogens is 288 g/mol. The van der Waals surface area contributed by atoms with Gasteiger partial charge in [0.15, 0.2) is 0 Å². The van der Waals surface area contributed by atoms with Crippen molar-refractivity contribution < 1.29 is 9.53 Å². The molecule has 0 aliphatic carbocycles. The first-order valence-electron chi connectivity index (χ1n) is 8.61. The third kappa shape index (κ3) is 4.47. The van der Waals surface area contributed by atoms with Crippen molar-refractivity contribution >= 4 is 6.09 Å². The number of ether oxygens (including phenoxy) is 1. The first-order chi connectivity index (χ1) is 10.9. The summed E-state index contributed by atoms with van der Waals surface area (Å²) in [5.41, 5.74) is 3.50. The fraction of sp³-hybridized carbons (Fsp3) is 0.632. The Hall–Kier alpha value is -1.55. The zero-order valence-corrected chi connectivity index (χ0v) is 15.1. The molecule has 0 saturated heterocycles. The van der Waals surface area contributed by atoms with Gasteiger partial charge in [0, 0.05) is 13.1 Å². The third-order valence-corrected chi connectivity index (χ3v) is 4.14. The predicted octanol–water partition coefficient (Wildman–Crippen LogP) is 4.04. The largest absolute Gasteiger partial charge is 0.444 e. The van der Waals surface area contributed by atoms with Crippen molar-refractivity contribution in [3.05, 3.63) is 34.9 Å². The van der Waals surface area contributed by atoms with Crippen LogP contribution in [0.15, 0.2) is 18.2 Å². The van der Waals surface area contributed by atoms with Crippen LogP contribution in [-0.4, -0.2) is 30.2 Å². The minimum atomic E-state index is -0.454. The summed E-state index contributed by atoms with van der Waals surface area (Å²) in [7, 11) is 1.96. The Morgan fingerprint density at radius 2 is 2.13 bits per heavy atom. The molecule has 1 amide bonds. The van der Waals surface area contributed by atoms with Crippen LogP contribution >= 0.6 is 0 Å². The topological polar surface area (TPSA) is 41.6 Å². The quantitative estimate of drug-likeness (QED) is 0.911. The first-order valence-corrected chi connectivity index (χ1v) is 8.61. The zero-order chi connectivity index (χ0) is 17.0. The van der Waals surface area contributed by atoms with Crippen LogP contribution in [0.4, 0.5) is 4.79 Å². The summed E-state index contributed by atoms with van der Waals surface area (Å²) in [4.78, 5) is 14.5. The molecule has 0 spiro atoms. The lowest BCUT2D eigenvalue weighted by Gasteiger charge is -2.38. The Morgan fingerprint density at radius 3 is 2.74 bits per heavy atom. The van der Waals surface area contributed by atoms with Crippen molar-refractivity contribution in [2.24, 2.45) is 0 Å². The van der Waals surface area contributed by atoms with E-state index in [-0.39, 0.29) is 12.1 Å². The lowest BCUT2D eigenvalue weighted by molar-refractivity contribution is 0.0131. The zero-order valence-electron chi connectivity index (χ0n) is 15.1. The van der Waals surface area contributed by atoms with E-state index in [1.165, 1.54) is 16.7 Å². The van der Waals surface area contributed by atoms with Crippen LogP contribution in [-0.2, 0) is 17.7 Å². The number of fused-ring (bicyclic) bond motifs is 1. The van der Waals surface area contributed by atoms with Gasteiger partial charge in [-0.25, -0.2) is 4.79 Å². The van der Waals surface area contributed by atoms with Crippen molar-refractivity contribution in [2.75, 3.05) is 13.6 Å². The van der Waals surface area contributed by atoms with Gasteiger partial charge in [-0.05, 0) is 57.4 Å². The summed E-state index contributed by atoms with van der Waals surface area (Å²) < 4.78 is 5.61. The molecule has 0 aromatic heterocycles. The molecule has 4 nitrogen and oxygen atoms in total. The first kappa shape index (κ1) is 17.8. The Morgan fingerprint density at radius 1 is 1.39 bits per heavy atom. The average Bonchev–Trinajstić information content (AvgIpc) is 2.46. The summed E-state index contributed by atoms with van der Waals surface area (Å²) in [6.45, 7) is 9.53. The van der Waals surface area contributed by atoms with Gasteiger partial charge in [0.05, 0.1) is 6.04 Å². The summed E-state index contributed by atoms with van der Waals surface area (Å²) in [6, 6.07) is 6.76. The highest BCUT2D eigenvalue weighted by Gasteiger charge is 2.33. The minimum absolute atomic E-state index is 0.127. The SMILES string of the molecule is CCCC1c2ccc(CNC)cc2CCN1C(=O)OC(C)(C)C. The van der Waals surface area contributed by atoms with E-state index in [1.54, 1.807) is 0 Å². The second-order valence-corrected chi connectivity index (χ2v) is 7.29. The highest BCUT2D eigenvalue weighted by Crippen LogP contribution is 2.34. The van der Waals surface area contributed by atoms with Crippen LogP contribution < -0.4 is 5.32 Å². The van der Waals surface area contributed by atoms with Gasteiger partial charge >= 0.3 is 6.09 Å². The molecule has 1 heterocycles. The van der Waals surface area contributed by atoms with Gasteiger partial charge < -0.3 is 15.0 Å². The van der Waals surface area contributed by atoms with Gasteiger partial charge in [-0.1, -0.05) is 31.5 Å². The highest BCUT2D eigenvalue weighted by atomic mass is 16.6. The van der Waals surface area contributed by atoms with Crippen molar-refractivity contribution in [2.45, 2.75) is 65.1 Å². The Kier molecular flexibility index (Phi) is 5.69. The smallest absolute Gasteiger partial charge is 0.410 e. The van der Waals surface area contributed by atoms with Gasteiger partial charge in [-0.15, -0.1) is 0 Å². The number of benzene rings is 1. The monoisotopic (exact) mass is 318 g/mol. The molecule has 1 atom stereocenters. The maximum absolute atomic E-state index is 12.6. The standard InChI is InChI=1S/C19H30N2O2/c1-6-7-17-16-9-8-14(13-20-5)12-15(16)10-11-21(17)18(22)23-19(2,3)4/h8-9,12,17,20H,6-7,10-11,13H2,1-5H3. The van der Waals surface area contributed by atoms with Crippen LogP contribution in [0.25, 0.3) is 0 Å². The minimum Gasteiger partial charge on any atom is -0.444 e. The number of nitrogens with zero attached hydrogens (tertiary/aromatic N) is 1. The van der Waals surface area contributed by atoms with E-state index in [4.69, 9.17) is 4.74 Å². The molecule has 23 heavy (non-hydrogen) atoms. The molecule has 1 N–H and O–H groups in total. The Bertz CT molecular complexity index is 549. The van der Waals surface area contributed by atoms with Crippen LogP contribution in [0.3, 0.4) is 0 Å². The van der Waals surface area contributed by atoms with Crippen molar-refractivity contribution in [1.82, 2.24) is 10.2 Å². The molecular formula is C19H30N2O2. The maximum Gasteiger partial charge on any atom is 0.410 e. The molecule has 0 saturated carbocycles. The van der Waals surface area contributed by atoms with E-state index in [0.29, 0.717) is 0 Å². The molecule has 1 unspecified atom stereocenters. The fourth-order valence-electron chi connectivity index (χ4n) is 3.20. The van der Waals surface area contributed by atoms with Crippen molar-refractivity contribution in [3.63, 3.8) is 0 Å². The van der Waals surface area contributed by atoms with E-state index in [2.05, 4.69) is 30.4 Å². The lowest BCUT2D eigenvalue weighted by atomic mass is 9.89. The van der Waals surface area contributed by atoms with Crippen molar-refractivity contribution in [3.8, 4) is 0 Å². The van der Waals surface area contributed by atoms with Gasteiger partial charge in [0.2, 0.25) is 0 Å². The number of amides is 1. The third-order valence-electron chi connectivity index (χ3n) is 4.14. The molecule has 2 rings (SSSR count). The van der Waals surface area contributed by atoms with E-state index in [9.17, 15) is 4.79 Å². The summed E-state index contributed by atoms with van der Waals surface area (Å²) in [5.74, 6) is 0. The molecule has 1 aromatic rings. The fourth-order valence-corrected chi connectivity index (χ4v) is 3.20. The lowest BCUT2D eigenvalue weighted by Crippen LogP contribution is -2.43. The normalized spacial score (nSPS) is 17.8. The van der Waals surface area contributed by atoms with E-state index in [1.807, 2.05) is 32.7 Å². The maximum atomic E-state index is 12.6. The molecule has 0 fully saturated rings. The molecule has 0 radical (unpaired) electrons. The predicted molar refractivity (Wildman–Crippen MR) is 93.5 cm³/mol. The number of hydrogen-bond donors (Lipinski definition) is 1. The van der Waals surface area contributed by atoms with Gasteiger partial charge in [-0.2, -0.15) is 0 Å². The van der Waals surface area contributed by atoms with Crippen molar-refractivity contribution in [1.29, 1.82) is 0 Å². The molecule has 1 aliphatic rings. The van der Waals surface area contributed by atoms with Gasteiger partial charge in [0.1, 0.15) is 5.60 Å². The Labute approximate surface area is 140 Å². The Balaban J connectivity index is 2.26. The van der Waals surface area contributed by atoms with Crippen LogP contribution in [0, 0.1) is 0 Å². The van der Waals surface area contributed by atoms with E-state index in [0.717, 1.165) is 32.4 Å². The summed E-state index contributed by atoms with van der Waals surface area (Å²) in [6.07, 6.45) is 2.71. The van der Waals surface area contributed by atoms with Crippen LogP contribution in [0.5, 0.6) is 0 Å². The van der Waals surface area contributed by atoms with Gasteiger partial charge in [-0.3, -0.25) is 0 Å². The van der Waals surface area contributed by atoms with Crippen LogP contribution in [0.1, 0.15) is 63.3 Å². The molecule has 1 aliphatic heterocycles. The highest BCUT2D eigenvalue weighted by molar-refractivity contribution is 5.69. The summed E-state index contributed by atoms with van der Waals surface area (Å²) >= 11 is 0. The number of nitrogens with one attached hydrogen (secondary N) is 1. The molecule has 1 aromatic carbocycles. The van der Waals surface area contributed by atoms with E-state index >= 15 is 0 Å². The number of hydrogen-bond acceptors (Lipinski definition) is 3. The second-order valence-electron chi connectivity index (χ2n) is 7.29.